The molecule has 3 aromatic rings. The molecule has 0 radical (unpaired) electrons. The van der Waals surface area contributed by atoms with Gasteiger partial charge in [0.15, 0.2) is 11.5 Å². The van der Waals surface area contributed by atoms with Gasteiger partial charge in [-0.2, -0.15) is 0 Å². The van der Waals surface area contributed by atoms with Crippen LogP contribution in [0.5, 0.6) is 0 Å². The third kappa shape index (κ3) is 2.76. The Morgan fingerprint density at radius 1 is 1.06 bits per heavy atom. The smallest absolute Gasteiger partial charge is 0.210 e. The first-order valence-corrected chi connectivity index (χ1v) is 10.3. The molecule has 31 heavy (non-hydrogen) atoms. The topological polar surface area (TPSA) is 76.2 Å². The number of hydrogen-bond donors (Lipinski definition) is 1. The Bertz CT molecular complexity index is 1200. The van der Waals surface area contributed by atoms with Gasteiger partial charge in [-0.1, -0.05) is 0 Å². The summed E-state index contributed by atoms with van der Waals surface area (Å²) in [5, 5.41) is 11.9. The second-order valence-electron chi connectivity index (χ2n) is 8.81. The van der Waals surface area contributed by atoms with E-state index in [1.54, 1.807) is 24.7 Å². The summed E-state index contributed by atoms with van der Waals surface area (Å²) in [4.78, 5) is 12.0. The van der Waals surface area contributed by atoms with Gasteiger partial charge in [0.25, 0.3) is 0 Å². The molecule has 1 unspecified atom stereocenters. The highest BCUT2D eigenvalue weighted by Gasteiger charge is 2.54. The monoisotopic (exact) mass is 420 g/mol. The minimum absolute atomic E-state index is 0.191. The van der Waals surface area contributed by atoms with Gasteiger partial charge in [0, 0.05) is 30.2 Å². The van der Waals surface area contributed by atoms with Crippen LogP contribution >= 0.6 is 0 Å². The largest absolute Gasteiger partial charge is 0.330 e. The normalized spacial score (nSPS) is 22.4. The number of rotatable bonds is 2. The van der Waals surface area contributed by atoms with Gasteiger partial charge in [-0.25, -0.2) is 14.4 Å². The molecule has 2 aliphatic rings. The zero-order chi connectivity index (χ0) is 22.0. The maximum Gasteiger partial charge on any atom is 0.210 e. The zero-order valence-corrected chi connectivity index (χ0v) is 18.2. The van der Waals surface area contributed by atoms with Crippen molar-refractivity contribution >= 4 is 11.7 Å². The number of imidazole rings is 1. The molecule has 0 saturated heterocycles. The third-order valence-electron chi connectivity index (χ3n) is 6.06. The van der Waals surface area contributed by atoms with E-state index < -0.39 is 11.2 Å². The molecular formula is C22H25FN8. The van der Waals surface area contributed by atoms with Crippen LogP contribution < -0.4 is 5.32 Å². The van der Waals surface area contributed by atoms with Crippen molar-refractivity contribution in [3.63, 3.8) is 0 Å². The molecule has 1 N–H and O–H groups in total. The van der Waals surface area contributed by atoms with E-state index in [2.05, 4.69) is 60.0 Å². The van der Waals surface area contributed by atoms with Gasteiger partial charge in [-0.3, -0.25) is 14.0 Å². The molecule has 9 heteroatoms. The van der Waals surface area contributed by atoms with Gasteiger partial charge >= 0.3 is 0 Å². The van der Waals surface area contributed by atoms with E-state index in [0.29, 0.717) is 11.8 Å². The van der Waals surface area contributed by atoms with Crippen LogP contribution in [0.1, 0.15) is 40.4 Å². The Kier molecular flexibility index (Phi) is 4.17. The molecule has 0 fully saturated rings. The van der Waals surface area contributed by atoms with Gasteiger partial charge in [-0.05, 0) is 58.9 Å². The lowest BCUT2D eigenvalue weighted by atomic mass is 9.88. The molecule has 2 aliphatic heterocycles. The van der Waals surface area contributed by atoms with E-state index in [-0.39, 0.29) is 11.9 Å². The summed E-state index contributed by atoms with van der Waals surface area (Å²) in [5.41, 5.74) is 0.699. The molecule has 5 rings (SSSR count). The summed E-state index contributed by atoms with van der Waals surface area (Å²) in [6.45, 7) is 10.7. The first kappa shape index (κ1) is 19.6. The quantitative estimate of drug-likeness (QED) is 0.689. The predicted octanol–water partition coefficient (Wildman–Crippen LogP) is 3.26. The summed E-state index contributed by atoms with van der Waals surface area (Å²) < 4.78 is 17.3. The Morgan fingerprint density at radius 2 is 1.81 bits per heavy atom. The van der Waals surface area contributed by atoms with E-state index >= 15 is 0 Å². The number of aliphatic imine (C=N–C) groups is 1. The third-order valence-corrected chi connectivity index (χ3v) is 6.06. The highest BCUT2D eigenvalue weighted by molar-refractivity contribution is 5.90. The molecule has 0 spiro atoms. The summed E-state index contributed by atoms with van der Waals surface area (Å²) >= 11 is 0. The second kappa shape index (κ2) is 6.58. The Labute approximate surface area is 180 Å². The molecule has 1 atom stereocenters. The van der Waals surface area contributed by atoms with E-state index in [9.17, 15) is 4.39 Å². The van der Waals surface area contributed by atoms with Gasteiger partial charge < -0.3 is 5.32 Å². The molecule has 0 bridgehead atoms. The van der Waals surface area contributed by atoms with Crippen LogP contribution in [0.4, 0.5) is 4.39 Å². The Hall–Kier alpha value is -3.33. The summed E-state index contributed by atoms with van der Waals surface area (Å²) in [7, 11) is 0. The number of benzene rings is 1. The van der Waals surface area contributed by atoms with Crippen LogP contribution in [-0.2, 0) is 5.54 Å². The summed E-state index contributed by atoms with van der Waals surface area (Å²) in [6.07, 6.45) is 7.26. The molecule has 8 nitrogen and oxygen atoms in total. The Balaban J connectivity index is 1.66. The standard InChI is InChI=1S/C22H25FN8/c1-14(2)31-21(3,4)19-28-26-13-30(19)17-12-25-20(27-22(17,31)5)29-11-10-24-18(29)15-6-8-16(23)9-7-15/h6-14H,1-5H3,(H,25,27). The lowest BCUT2D eigenvalue weighted by molar-refractivity contribution is -0.0121. The number of halogens is 1. The van der Waals surface area contributed by atoms with Crippen molar-refractivity contribution in [3.8, 4) is 11.4 Å². The van der Waals surface area contributed by atoms with Crippen molar-refractivity contribution in [1.29, 1.82) is 0 Å². The highest BCUT2D eigenvalue weighted by atomic mass is 19.1. The fraction of sp³-hybridized carbons (Fsp3) is 0.364. The van der Waals surface area contributed by atoms with Crippen LogP contribution in [0.3, 0.4) is 0 Å². The SMILES string of the molecule is CC(C)N1C2(C)N=C(n3ccnc3-c3ccc(F)cc3)NC=C2n2cnnc2C1(C)C. The average molecular weight is 420 g/mol. The van der Waals surface area contributed by atoms with Crippen molar-refractivity contribution in [2.45, 2.75) is 51.9 Å². The van der Waals surface area contributed by atoms with Crippen LogP contribution in [0.25, 0.3) is 17.1 Å². The van der Waals surface area contributed by atoms with Gasteiger partial charge in [-0.15, -0.1) is 10.2 Å². The first-order valence-electron chi connectivity index (χ1n) is 10.3. The summed E-state index contributed by atoms with van der Waals surface area (Å²) in [5.74, 6) is 1.92. The number of fused-ring (bicyclic) bond motifs is 3. The lowest BCUT2D eigenvalue weighted by Gasteiger charge is -2.55. The molecular weight excluding hydrogens is 395 g/mol. The van der Waals surface area contributed by atoms with Gasteiger partial charge in [0.1, 0.15) is 18.0 Å². The van der Waals surface area contributed by atoms with Gasteiger partial charge in [0.05, 0.1) is 11.2 Å². The molecule has 0 amide bonds. The number of hydrogen-bond acceptors (Lipinski definition) is 6. The van der Waals surface area contributed by atoms with E-state index in [4.69, 9.17) is 4.99 Å². The van der Waals surface area contributed by atoms with Crippen LogP contribution in [0.15, 0.2) is 54.2 Å². The second-order valence-corrected chi connectivity index (χ2v) is 8.81. The van der Waals surface area contributed by atoms with Gasteiger partial charge in [0.2, 0.25) is 5.96 Å². The van der Waals surface area contributed by atoms with Crippen molar-refractivity contribution in [2.24, 2.45) is 4.99 Å². The van der Waals surface area contributed by atoms with Crippen molar-refractivity contribution in [3.05, 3.63) is 60.8 Å². The minimum Gasteiger partial charge on any atom is -0.330 e. The minimum atomic E-state index is -0.669. The number of aromatic nitrogens is 5. The fourth-order valence-corrected chi connectivity index (χ4v) is 5.08. The van der Waals surface area contributed by atoms with Crippen LogP contribution in [0.2, 0.25) is 0 Å². The molecule has 4 heterocycles. The molecule has 0 saturated carbocycles. The molecule has 2 aromatic heterocycles. The van der Waals surface area contributed by atoms with Crippen LogP contribution in [-0.4, -0.2) is 46.9 Å². The van der Waals surface area contributed by atoms with Crippen molar-refractivity contribution in [2.75, 3.05) is 0 Å². The molecule has 0 aliphatic carbocycles. The average Bonchev–Trinajstić information content (AvgIpc) is 3.37. The lowest BCUT2D eigenvalue weighted by Crippen LogP contribution is -2.64. The number of nitrogens with zero attached hydrogens (tertiary/aromatic N) is 7. The van der Waals surface area contributed by atoms with Crippen molar-refractivity contribution in [1.82, 2.24) is 34.5 Å². The maximum absolute atomic E-state index is 13.4. The van der Waals surface area contributed by atoms with E-state index in [0.717, 1.165) is 17.1 Å². The van der Waals surface area contributed by atoms with Crippen LogP contribution in [0, 0.1) is 5.82 Å². The Morgan fingerprint density at radius 3 is 2.52 bits per heavy atom. The maximum atomic E-state index is 13.4. The fourth-order valence-electron chi connectivity index (χ4n) is 5.08. The predicted molar refractivity (Wildman–Crippen MR) is 116 cm³/mol. The zero-order valence-electron chi connectivity index (χ0n) is 18.2. The molecule has 160 valence electrons. The van der Waals surface area contributed by atoms with E-state index in [1.165, 1.54) is 12.1 Å². The molecule has 1 aromatic carbocycles. The summed E-state index contributed by atoms with van der Waals surface area (Å²) in [6, 6.07) is 6.49. The van der Waals surface area contributed by atoms with Crippen molar-refractivity contribution < 1.29 is 4.39 Å². The first-order chi connectivity index (χ1) is 14.7. The number of nitrogens with one attached hydrogen (secondary N) is 1. The van der Waals surface area contributed by atoms with E-state index in [1.807, 2.05) is 21.5 Å². The highest BCUT2D eigenvalue weighted by Crippen LogP contribution is 2.47.